The summed E-state index contributed by atoms with van der Waals surface area (Å²) in [5.74, 6) is 1.63. The third-order valence-electron chi connectivity index (χ3n) is 3.62. The van der Waals surface area contributed by atoms with Crippen LogP contribution < -0.4 is 0 Å². The summed E-state index contributed by atoms with van der Waals surface area (Å²) in [6, 6.07) is 13.0. The molecule has 0 unspecified atom stereocenters. The molecule has 0 saturated heterocycles. The van der Waals surface area contributed by atoms with Gasteiger partial charge in [-0.15, -0.1) is 20.4 Å². The van der Waals surface area contributed by atoms with Gasteiger partial charge >= 0.3 is 0 Å². The first kappa shape index (κ1) is 18.0. The van der Waals surface area contributed by atoms with Crippen LogP contribution >= 0.6 is 35.0 Å². The van der Waals surface area contributed by atoms with Crippen LogP contribution in [0.3, 0.4) is 0 Å². The van der Waals surface area contributed by atoms with Crippen molar-refractivity contribution in [2.45, 2.75) is 17.9 Å². The van der Waals surface area contributed by atoms with Gasteiger partial charge < -0.3 is 8.83 Å². The molecule has 0 aliphatic rings. The van der Waals surface area contributed by atoms with Gasteiger partial charge in [-0.25, -0.2) is 0 Å². The van der Waals surface area contributed by atoms with Crippen LogP contribution in [0.1, 0.15) is 11.5 Å². The number of hydrogen-bond donors (Lipinski definition) is 0. The van der Waals surface area contributed by atoms with E-state index in [1.54, 1.807) is 18.2 Å². The summed E-state index contributed by atoms with van der Waals surface area (Å²) >= 11 is 13.4. The molecule has 4 aromatic rings. The van der Waals surface area contributed by atoms with Crippen molar-refractivity contribution < 1.29 is 8.83 Å². The first-order chi connectivity index (χ1) is 13.1. The maximum absolute atomic E-state index is 6.17. The Morgan fingerprint density at radius 2 is 1.78 bits per heavy atom. The number of hydrogen-bond acceptors (Lipinski definition) is 7. The van der Waals surface area contributed by atoms with Crippen molar-refractivity contribution in [2.75, 3.05) is 0 Å². The third-order valence-corrected chi connectivity index (χ3v) is 4.97. The Bertz CT molecular complexity index is 1100. The van der Waals surface area contributed by atoms with E-state index in [4.69, 9.17) is 32.0 Å². The zero-order chi connectivity index (χ0) is 18.8. The molecule has 0 spiro atoms. The van der Waals surface area contributed by atoms with Crippen LogP contribution in [0.2, 0.25) is 10.0 Å². The molecule has 0 aliphatic heterocycles. The maximum Gasteiger partial charge on any atom is 0.277 e. The van der Waals surface area contributed by atoms with E-state index in [0.29, 0.717) is 44.3 Å². The second-order valence-corrected chi connectivity index (χ2v) is 7.43. The highest BCUT2D eigenvalue weighted by atomic mass is 35.5. The van der Waals surface area contributed by atoms with Gasteiger partial charge in [-0.05, 0) is 37.3 Å². The van der Waals surface area contributed by atoms with Gasteiger partial charge in [0.25, 0.3) is 5.22 Å². The molecule has 27 heavy (non-hydrogen) atoms. The molecule has 6 nitrogen and oxygen atoms in total. The van der Waals surface area contributed by atoms with Crippen molar-refractivity contribution in [1.29, 1.82) is 0 Å². The lowest BCUT2D eigenvalue weighted by Crippen LogP contribution is -1.80. The SMILES string of the molecule is Cc1cccc(-c2nnc(SCc3nnc(-c4ccc(Cl)cc4Cl)o3)o2)c1. The van der Waals surface area contributed by atoms with Crippen molar-refractivity contribution in [3.05, 3.63) is 64.0 Å². The average molecular weight is 419 g/mol. The van der Waals surface area contributed by atoms with Gasteiger partial charge in [0.2, 0.25) is 17.7 Å². The molecule has 0 atom stereocenters. The molecule has 9 heteroatoms. The molecule has 0 aliphatic carbocycles. The second-order valence-electron chi connectivity index (χ2n) is 5.66. The van der Waals surface area contributed by atoms with Crippen LogP contribution in [0.25, 0.3) is 22.9 Å². The minimum absolute atomic E-state index is 0.332. The smallest absolute Gasteiger partial charge is 0.277 e. The Labute approximate surface area is 168 Å². The Kier molecular flexibility index (Phi) is 5.15. The summed E-state index contributed by atoms with van der Waals surface area (Å²) in [6.45, 7) is 2.01. The summed E-state index contributed by atoms with van der Waals surface area (Å²) in [5.41, 5.74) is 2.63. The van der Waals surface area contributed by atoms with Crippen molar-refractivity contribution in [3.8, 4) is 22.9 Å². The van der Waals surface area contributed by atoms with E-state index in [1.165, 1.54) is 11.8 Å². The van der Waals surface area contributed by atoms with Gasteiger partial charge in [-0.1, -0.05) is 52.7 Å². The number of thioether (sulfide) groups is 1. The van der Waals surface area contributed by atoms with E-state index in [2.05, 4.69) is 20.4 Å². The fourth-order valence-corrected chi connectivity index (χ4v) is 3.46. The maximum atomic E-state index is 6.17. The number of aromatic nitrogens is 4. The molecule has 0 bridgehead atoms. The van der Waals surface area contributed by atoms with Gasteiger partial charge in [0.1, 0.15) is 0 Å². The average Bonchev–Trinajstić information content (AvgIpc) is 3.29. The highest BCUT2D eigenvalue weighted by Crippen LogP contribution is 2.31. The largest absolute Gasteiger partial charge is 0.420 e. The molecule has 4 rings (SSSR count). The molecular formula is C18H12Cl2N4O2S. The molecule has 2 heterocycles. The lowest BCUT2D eigenvalue weighted by atomic mass is 10.1. The summed E-state index contributed by atoms with van der Waals surface area (Å²) in [7, 11) is 0. The molecule has 2 aromatic heterocycles. The van der Waals surface area contributed by atoms with E-state index in [0.717, 1.165) is 11.1 Å². The summed E-state index contributed by atoms with van der Waals surface area (Å²) in [5, 5.41) is 17.6. The van der Waals surface area contributed by atoms with Gasteiger partial charge in [0.05, 0.1) is 16.3 Å². The Hall–Kier alpha value is -2.35. The lowest BCUT2D eigenvalue weighted by Gasteiger charge is -1.98. The van der Waals surface area contributed by atoms with Gasteiger partial charge in [0, 0.05) is 10.6 Å². The number of benzene rings is 2. The third kappa shape index (κ3) is 4.16. The minimum Gasteiger partial charge on any atom is -0.420 e. The van der Waals surface area contributed by atoms with Crippen molar-refractivity contribution in [1.82, 2.24) is 20.4 Å². The van der Waals surface area contributed by atoms with Gasteiger partial charge in [-0.2, -0.15) is 0 Å². The number of rotatable bonds is 5. The fraction of sp³-hybridized carbons (Fsp3) is 0.111. The molecule has 2 aromatic carbocycles. The van der Waals surface area contributed by atoms with Crippen LogP contribution in [0, 0.1) is 6.92 Å². The molecule has 0 fully saturated rings. The summed E-state index contributed by atoms with van der Waals surface area (Å²) in [6.07, 6.45) is 0. The van der Waals surface area contributed by atoms with E-state index in [9.17, 15) is 0 Å². The first-order valence-corrected chi connectivity index (χ1v) is 9.64. The predicted molar refractivity (Wildman–Crippen MR) is 104 cm³/mol. The van der Waals surface area contributed by atoms with Gasteiger partial charge in [0.15, 0.2) is 0 Å². The first-order valence-electron chi connectivity index (χ1n) is 7.89. The monoisotopic (exact) mass is 418 g/mol. The molecular weight excluding hydrogens is 407 g/mol. The molecule has 136 valence electrons. The zero-order valence-electron chi connectivity index (χ0n) is 14.0. The minimum atomic E-state index is 0.332. The van der Waals surface area contributed by atoms with E-state index < -0.39 is 0 Å². The topological polar surface area (TPSA) is 77.8 Å². The van der Waals surface area contributed by atoms with Crippen molar-refractivity contribution >= 4 is 35.0 Å². The number of halogens is 2. The molecule has 0 N–H and O–H groups in total. The van der Waals surface area contributed by atoms with Crippen LogP contribution in [0.5, 0.6) is 0 Å². The zero-order valence-corrected chi connectivity index (χ0v) is 16.3. The van der Waals surface area contributed by atoms with Crippen LogP contribution in [0.4, 0.5) is 0 Å². The van der Waals surface area contributed by atoms with Crippen LogP contribution in [-0.4, -0.2) is 20.4 Å². The van der Waals surface area contributed by atoms with Crippen molar-refractivity contribution in [2.24, 2.45) is 0 Å². The number of aryl methyl sites for hydroxylation is 1. The van der Waals surface area contributed by atoms with Crippen LogP contribution in [0.15, 0.2) is 56.5 Å². The second kappa shape index (κ2) is 7.72. The van der Waals surface area contributed by atoms with Gasteiger partial charge in [-0.3, -0.25) is 0 Å². The molecule has 0 saturated carbocycles. The molecule has 0 amide bonds. The molecule has 0 radical (unpaired) electrons. The highest BCUT2D eigenvalue weighted by molar-refractivity contribution is 7.98. The van der Waals surface area contributed by atoms with E-state index in [1.807, 2.05) is 31.2 Å². The highest BCUT2D eigenvalue weighted by Gasteiger charge is 2.15. The Morgan fingerprint density at radius 1 is 0.926 bits per heavy atom. The quantitative estimate of drug-likeness (QED) is 0.384. The standard InChI is InChI=1S/C18H12Cl2N4O2S/c1-10-3-2-4-11(7-10)16-22-24-18(26-16)27-9-15-21-23-17(25-15)13-6-5-12(19)8-14(13)20/h2-8H,9H2,1H3. The van der Waals surface area contributed by atoms with Crippen LogP contribution in [-0.2, 0) is 5.75 Å². The fourth-order valence-electron chi connectivity index (χ4n) is 2.37. The number of nitrogens with zero attached hydrogens (tertiary/aromatic N) is 4. The summed E-state index contributed by atoms with van der Waals surface area (Å²) in [4.78, 5) is 0. The van der Waals surface area contributed by atoms with E-state index >= 15 is 0 Å². The summed E-state index contributed by atoms with van der Waals surface area (Å²) < 4.78 is 11.3. The Morgan fingerprint density at radius 3 is 2.59 bits per heavy atom. The lowest BCUT2D eigenvalue weighted by molar-refractivity contribution is 0.464. The normalized spacial score (nSPS) is 11.1. The van der Waals surface area contributed by atoms with E-state index in [-0.39, 0.29) is 0 Å². The Balaban J connectivity index is 1.45. The predicted octanol–water partition coefficient (Wildman–Crippen LogP) is 5.69. The van der Waals surface area contributed by atoms with Crippen molar-refractivity contribution in [3.63, 3.8) is 0 Å².